The van der Waals surface area contributed by atoms with Gasteiger partial charge >= 0.3 is 6.09 Å². The molecule has 78 valence electrons. The fraction of sp³-hybridized carbons (Fsp3) is 0.125. The van der Waals surface area contributed by atoms with Crippen molar-refractivity contribution in [3.05, 3.63) is 22.8 Å². The summed E-state index contributed by atoms with van der Waals surface area (Å²) in [5, 5.41) is 16.5. The Bertz CT molecular complexity index is 524. The summed E-state index contributed by atoms with van der Waals surface area (Å²) in [4.78, 5) is 11.8. The summed E-state index contributed by atoms with van der Waals surface area (Å²) >= 11 is 3.30. The fourth-order valence-electron chi connectivity index (χ4n) is 1.17. The number of amides is 1. The molecule has 1 amide bonds. The molecule has 0 fully saturated rings. The number of pyridine rings is 1. The van der Waals surface area contributed by atoms with Crippen molar-refractivity contribution in [3.8, 4) is 0 Å². The van der Waals surface area contributed by atoms with Gasteiger partial charge in [-0.2, -0.15) is 0 Å². The Morgan fingerprint density at radius 1 is 1.53 bits per heavy atom. The first-order valence-electron chi connectivity index (χ1n) is 4.06. The highest BCUT2D eigenvalue weighted by molar-refractivity contribution is 9.10. The Balaban J connectivity index is 2.61. The van der Waals surface area contributed by atoms with Crippen LogP contribution in [0, 0.1) is 0 Å². The van der Waals surface area contributed by atoms with Gasteiger partial charge in [0, 0.05) is 17.7 Å². The van der Waals surface area contributed by atoms with E-state index in [1.807, 2.05) is 6.07 Å². The molecule has 7 heteroatoms. The number of hydrogen-bond acceptors (Lipinski definition) is 3. The lowest BCUT2D eigenvalue weighted by Gasteiger charge is -2.09. The van der Waals surface area contributed by atoms with Gasteiger partial charge in [-0.15, -0.1) is 10.2 Å². The highest BCUT2D eigenvalue weighted by atomic mass is 79.9. The molecule has 2 heterocycles. The number of nitrogens with zero attached hydrogens (tertiary/aromatic N) is 4. The number of halogens is 1. The van der Waals surface area contributed by atoms with E-state index in [-0.39, 0.29) is 5.95 Å². The van der Waals surface area contributed by atoms with Gasteiger partial charge in [0.25, 0.3) is 0 Å². The van der Waals surface area contributed by atoms with Gasteiger partial charge in [0.1, 0.15) is 0 Å². The van der Waals surface area contributed by atoms with E-state index >= 15 is 0 Å². The first-order valence-corrected chi connectivity index (χ1v) is 4.86. The quantitative estimate of drug-likeness (QED) is 0.855. The normalized spacial score (nSPS) is 10.5. The van der Waals surface area contributed by atoms with Crippen LogP contribution >= 0.6 is 15.9 Å². The predicted molar refractivity (Wildman–Crippen MR) is 57.1 cm³/mol. The van der Waals surface area contributed by atoms with E-state index in [4.69, 9.17) is 5.11 Å². The van der Waals surface area contributed by atoms with Gasteiger partial charge in [-0.25, -0.2) is 9.69 Å². The smallest absolute Gasteiger partial charge is 0.413 e. The monoisotopic (exact) mass is 270 g/mol. The van der Waals surface area contributed by atoms with E-state index in [0.717, 1.165) is 9.37 Å². The lowest BCUT2D eigenvalue weighted by atomic mass is 10.5. The summed E-state index contributed by atoms with van der Waals surface area (Å²) in [5.74, 6) is 0.263. The zero-order valence-corrected chi connectivity index (χ0v) is 9.34. The molecule has 0 radical (unpaired) electrons. The van der Waals surface area contributed by atoms with Gasteiger partial charge in [-0.3, -0.25) is 4.40 Å². The van der Waals surface area contributed by atoms with Crippen LogP contribution in [0.2, 0.25) is 0 Å². The number of fused-ring (bicyclic) bond motifs is 1. The molecule has 1 N–H and O–H groups in total. The van der Waals surface area contributed by atoms with E-state index in [2.05, 4.69) is 26.1 Å². The Morgan fingerprint density at radius 3 is 2.93 bits per heavy atom. The number of hydrogen-bond donors (Lipinski definition) is 1. The minimum Gasteiger partial charge on any atom is -0.465 e. The molecule has 15 heavy (non-hydrogen) atoms. The molecule has 6 nitrogen and oxygen atoms in total. The van der Waals surface area contributed by atoms with E-state index in [0.29, 0.717) is 5.65 Å². The van der Waals surface area contributed by atoms with E-state index in [9.17, 15) is 4.79 Å². The molecule has 2 aromatic rings. The third kappa shape index (κ3) is 1.65. The molecule has 0 aliphatic heterocycles. The van der Waals surface area contributed by atoms with Crippen LogP contribution in [0.15, 0.2) is 22.8 Å². The SMILES string of the molecule is CN(C(=O)O)c1nnc2ccc(Br)cn12. The van der Waals surface area contributed by atoms with Crippen LogP contribution in [0.1, 0.15) is 0 Å². The van der Waals surface area contributed by atoms with Crippen molar-refractivity contribution in [1.82, 2.24) is 14.6 Å². The van der Waals surface area contributed by atoms with Crippen LogP contribution in [-0.2, 0) is 0 Å². The number of rotatable bonds is 1. The fourth-order valence-corrected chi connectivity index (χ4v) is 1.50. The zero-order chi connectivity index (χ0) is 11.0. The maximum atomic E-state index is 10.8. The van der Waals surface area contributed by atoms with Crippen molar-refractivity contribution in [2.45, 2.75) is 0 Å². The van der Waals surface area contributed by atoms with Gasteiger partial charge in [0.2, 0.25) is 5.95 Å². The Hall–Kier alpha value is -1.63. The van der Waals surface area contributed by atoms with Crippen molar-refractivity contribution >= 4 is 33.6 Å². The molecule has 2 rings (SSSR count). The Kier molecular flexibility index (Phi) is 2.31. The van der Waals surface area contributed by atoms with E-state index < -0.39 is 6.09 Å². The first kappa shape index (κ1) is 9.91. The predicted octanol–water partition coefficient (Wildman–Crippen LogP) is 1.61. The van der Waals surface area contributed by atoms with Crippen LogP contribution in [0.25, 0.3) is 5.65 Å². The van der Waals surface area contributed by atoms with Crippen LogP contribution in [-0.4, -0.2) is 32.8 Å². The largest absolute Gasteiger partial charge is 0.465 e. The highest BCUT2D eigenvalue weighted by Crippen LogP contribution is 2.16. The van der Waals surface area contributed by atoms with Crippen molar-refractivity contribution in [2.24, 2.45) is 0 Å². The Morgan fingerprint density at radius 2 is 2.27 bits per heavy atom. The lowest BCUT2D eigenvalue weighted by molar-refractivity contribution is 0.203. The van der Waals surface area contributed by atoms with Crippen LogP contribution in [0.4, 0.5) is 10.7 Å². The average molecular weight is 271 g/mol. The van der Waals surface area contributed by atoms with Crippen LogP contribution in [0.3, 0.4) is 0 Å². The third-order valence-electron chi connectivity index (χ3n) is 1.94. The van der Waals surface area contributed by atoms with Gasteiger partial charge in [0.15, 0.2) is 5.65 Å². The highest BCUT2D eigenvalue weighted by Gasteiger charge is 2.15. The lowest BCUT2D eigenvalue weighted by Crippen LogP contribution is -2.25. The second kappa shape index (κ2) is 3.50. The molecule has 0 saturated carbocycles. The van der Waals surface area contributed by atoms with E-state index in [1.54, 1.807) is 16.7 Å². The summed E-state index contributed by atoms with van der Waals surface area (Å²) in [5.41, 5.74) is 0.598. The second-order valence-electron chi connectivity index (χ2n) is 2.92. The number of carbonyl (C=O) groups is 1. The topological polar surface area (TPSA) is 70.7 Å². The summed E-state index contributed by atoms with van der Waals surface area (Å²) in [7, 11) is 1.42. The van der Waals surface area contributed by atoms with Gasteiger partial charge < -0.3 is 5.11 Å². The molecular formula is C8H7BrN4O2. The standard InChI is InChI=1S/C8H7BrN4O2/c1-12(8(14)15)7-11-10-6-3-2-5(9)4-13(6)7/h2-4H,1H3,(H,14,15). The van der Waals surface area contributed by atoms with Crippen LogP contribution in [0.5, 0.6) is 0 Å². The second-order valence-corrected chi connectivity index (χ2v) is 3.83. The zero-order valence-electron chi connectivity index (χ0n) is 7.75. The maximum Gasteiger partial charge on any atom is 0.413 e. The third-order valence-corrected chi connectivity index (χ3v) is 2.40. The van der Waals surface area contributed by atoms with Gasteiger partial charge in [-0.1, -0.05) is 0 Å². The minimum atomic E-state index is -1.08. The summed E-state index contributed by atoms with van der Waals surface area (Å²) in [6.07, 6.45) is 0.633. The molecule has 2 aromatic heterocycles. The van der Waals surface area contributed by atoms with Crippen molar-refractivity contribution in [3.63, 3.8) is 0 Å². The van der Waals surface area contributed by atoms with Crippen molar-refractivity contribution < 1.29 is 9.90 Å². The molecular weight excluding hydrogens is 264 g/mol. The molecule has 0 atom stereocenters. The first-order chi connectivity index (χ1) is 7.09. The molecule has 0 spiro atoms. The maximum absolute atomic E-state index is 10.8. The summed E-state index contributed by atoms with van der Waals surface area (Å²) < 4.78 is 2.42. The molecule has 0 aliphatic carbocycles. The molecule has 0 bridgehead atoms. The van der Waals surface area contributed by atoms with Gasteiger partial charge in [0.05, 0.1) is 0 Å². The molecule has 0 unspecified atom stereocenters. The number of aromatic nitrogens is 3. The Labute approximate surface area is 93.3 Å². The summed E-state index contributed by atoms with van der Waals surface area (Å²) in [6.45, 7) is 0. The van der Waals surface area contributed by atoms with Crippen LogP contribution < -0.4 is 4.90 Å². The van der Waals surface area contributed by atoms with Crippen molar-refractivity contribution in [1.29, 1.82) is 0 Å². The number of anilines is 1. The summed E-state index contributed by atoms with van der Waals surface area (Å²) in [6, 6.07) is 3.56. The van der Waals surface area contributed by atoms with Gasteiger partial charge in [-0.05, 0) is 28.1 Å². The molecule has 0 saturated heterocycles. The minimum absolute atomic E-state index is 0.263. The van der Waals surface area contributed by atoms with Crippen molar-refractivity contribution in [2.75, 3.05) is 11.9 Å². The average Bonchev–Trinajstić information content (AvgIpc) is 2.59. The number of carboxylic acid groups (broad SMARTS) is 1. The van der Waals surface area contributed by atoms with E-state index in [1.165, 1.54) is 7.05 Å². The molecule has 0 aromatic carbocycles. The molecule has 0 aliphatic rings.